The maximum Gasteiger partial charge on any atom is 0.332 e. The molecule has 3 rings (SSSR count). The minimum Gasteiger partial charge on any atom is -0.464 e. The third-order valence-corrected chi connectivity index (χ3v) is 6.57. The zero-order valence-corrected chi connectivity index (χ0v) is 24.9. The van der Waals surface area contributed by atoms with Gasteiger partial charge in [-0.1, -0.05) is 19.4 Å². The van der Waals surface area contributed by atoms with E-state index in [4.69, 9.17) is 23.7 Å². The van der Waals surface area contributed by atoms with Crippen LogP contribution in [0.25, 0.3) is 0 Å². The molecule has 2 aliphatic rings. The Labute approximate surface area is 255 Å². The van der Waals surface area contributed by atoms with E-state index in [-0.39, 0.29) is 68.8 Å². The van der Waals surface area contributed by atoms with Crippen LogP contribution in [-0.2, 0) is 42.9 Å². The van der Waals surface area contributed by atoms with Crippen molar-refractivity contribution in [2.75, 3.05) is 77.9 Å². The summed E-state index contributed by atoms with van der Waals surface area (Å²) >= 11 is 0. The minimum absolute atomic E-state index is 0.0268. The summed E-state index contributed by atoms with van der Waals surface area (Å²) in [5, 5.41) is 7.73. The van der Waals surface area contributed by atoms with Gasteiger partial charge in [0.25, 0.3) is 11.8 Å². The minimum atomic E-state index is -1.07. The van der Waals surface area contributed by atoms with Crippen LogP contribution < -0.4 is 16.0 Å². The largest absolute Gasteiger partial charge is 0.464 e. The Hall–Kier alpha value is -3.92. The monoisotopic (exact) mass is 620 g/mol. The first-order valence-electron chi connectivity index (χ1n) is 14.6. The topological polar surface area (TPSA) is 188 Å². The molecule has 1 unspecified atom stereocenters. The van der Waals surface area contributed by atoms with Crippen molar-refractivity contribution >= 4 is 41.2 Å². The summed E-state index contributed by atoms with van der Waals surface area (Å²) in [4.78, 5) is 74.3. The number of ether oxygens (including phenoxy) is 5. The van der Waals surface area contributed by atoms with E-state index < -0.39 is 29.7 Å². The third kappa shape index (κ3) is 10.7. The number of rotatable bonds is 21. The van der Waals surface area contributed by atoms with Gasteiger partial charge in [0.15, 0.2) is 0 Å². The smallest absolute Gasteiger partial charge is 0.332 e. The summed E-state index contributed by atoms with van der Waals surface area (Å²) < 4.78 is 26.3. The molecule has 0 radical (unpaired) electrons. The molecule has 44 heavy (non-hydrogen) atoms. The highest BCUT2D eigenvalue weighted by Crippen LogP contribution is 2.32. The number of carbonyl (C=O) groups is 6. The molecule has 0 spiro atoms. The van der Waals surface area contributed by atoms with Crippen molar-refractivity contribution in [3.63, 3.8) is 0 Å². The molecule has 1 atom stereocenters. The Balaban J connectivity index is 1.21. The van der Waals surface area contributed by atoms with Crippen LogP contribution in [0.5, 0.6) is 0 Å². The number of imide groups is 2. The van der Waals surface area contributed by atoms with Crippen molar-refractivity contribution in [2.24, 2.45) is 0 Å². The van der Waals surface area contributed by atoms with Gasteiger partial charge in [-0.15, -0.1) is 0 Å². The van der Waals surface area contributed by atoms with Crippen LogP contribution in [0, 0.1) is 0 Å². The van der Waals surface area contributed by atoms with Crippen molar-refractivity contribution in [3.8, 4) is 0 Å². The maximum atomic E-state index is 13.1. The Kier molecular flexibility index (Phi) is 14.7. The van der Waals surface area contributed by atoms with E-state index in [9.17, 15) is 28.8 Å². The highest BCUT2D eigenvalue weighted by molar-refractivity contribution is 6.25. The molecule has 1 aromatic carbocycles. The third-order valence-electron chi connectivity index (χ3n) is 6.57. The average molecular weight is 621 g/mol. The predicted octanol–water partition coefficient (Wildman–Crippen LogP) is 0.0256. The molecule has 15 nitrogen and oxygen atoms in total. The Morgan fingerprint density at radius 2 is 1.59 bits per heavy atom. The predicted molar refractivity (Wildman–Crippen MR) is 154 cm³/mol. The van der Waals surface area contributed by atoms with Gasteiger partial charge < -0.3 is 34.3 Å². The molecule has 1 fully saturated rings. The van der Waals surface area contributed by atoms with E-state index in [1.165, 1.54) is 6.07 Å². The molecule has 5 amide bonds. The van der Waals surface area contributed by atoms with Crippen molar-refractivity contribution in [1.29, 1.82) is 0 Å². The number of unbranched alkanes of at least 4 members (excludes halogenated alkanes) is 1. The number of fused-ring (bicyclic) bond motifs is 1. The number of benzene rings is 1. The number of amides is 5. The molecule has 0 aliphatic carbocycles. The zero-order chi connectivity index (χ0) is 31.7. The van der Waals surface area contributed by atoms with E-state index >= 15 is 0 Å². The molecule has 242 valence electrons. The van der Waals surface area contributed by atoms with Gasteiger partial charge in [-0.2, -0.15) is 0 Å². The van der Waals surface area contributed by atoms with Crippen LogP contribution in [0.3, 0.4) is 0 Å². The van der Waals surface area contributed by atoms with E-state index in [0.29, 0.717) is 45.3 Å². The van der Waals surface area contributed by atoms with Crippen LogP contribution in [0.1, 0.15) is 53.3 Å². The number of piperidine rings is 1. The summed E-state index contributed by atoms with van der Waals surface area (Å²) in [6.07, 6.45) is 1.87. The van der Waals surface area contributed by atoms with Gasteiger partial charge in [0.05, 0.1) is 70.5 Å². The molecular weight excluding hydrogens is 580 g/mol. The second kappa shape index (κ2) is 18.7. The molecule has 2 heterocycles. The first kappa shape index (κ1) is 34.6. The van der Waals surface area contributed by atoms with E-state index in [1.807, 2.05) is 6.92 Å². The molecule has 0 bridgehead atoms. The summed E-state index contributed by atoms with van der Waals surface area (Å²) in [5.41, 5.74) is 0.494. The van der Waals surface area contributed by atoms with E-state index in [1.54, 1.807) is 12.1 Å². The molecule has 1 aromatic rings. The number of anilines is 1. The first-order chi connectivity index (χ1) is 21.3. The standard InChI is InChI=1S/C29H40N4O11/c1-2-3-10-44-25(36)19-43-17-16-42-15-14-41-13-12-40-11-9-30-24(35)18-31-21-6-4-5-20-26(21)29(39)33(28(20)38)22-7-8-23(34)32-27(22)37/h4-6,22,31H,2-3,7-19H2,1H3,(H,30,35)(H,32,34,37). The van der Waals surface area contributed by atoms with Gasteiger partial charge >= 0.3 is 5.97 Å². The number of nitrogens with zero attached hydrogens (tertiary/aromatic N) is 1. The van der Waals surface area contributed by atoms with Crippen LogP contribution >= 0.6 is 0 Å². The summed E-state index contributed by atoms with van der Waals surface area (Å²) in [7, 11) is 0. The van der Waals surface area contributed by atoms with Crippen molar-refractivity contribution in [3.05, 3.63) is 29.3 Å². The summed E-state index contributed by atoms with van der Waals surface area (Å²) in [5.74, 6) is -3.15. The van der Waals surface area contributed by atoms with Gasteiger partial charge in [-0.05, 0) is 25.0 Å². The lowest BCUT2D eigenvalue weighted by Gasteiger charge is -2.27. The van der Waals surface area contributed by atoms with Gasteiger partial charge in [0, 0.05) is 18.7 Å². The van der Waals surface area contributed by atoms with Gasteiger partial charge in [0.1, 0.15) is 12.6 Å². The fraction of sp³-hybridized carbons (Fsp3) is 0.586. The lowest BCUT2D eigenvalue weighted by atomic mass is 10.0. The normalized spacial score (nSPS) is 16.1. The Morgan fingerprint density at radius 1 is 0.909 bits per heavy atom. The molecule has 3 N–H and O–H groups in total. The first-order valence-corrected chi connectivity index (χ1v) is 14.6. The van der Waals surface area contributed by atoms with Crippen LogP contribution in [0.4, 0.5) is 5.69 Å². The fourth-order valence-electron chi connectivity index (χ4n) is 4.35. The number of hydrogen-bond donors (Lipinski definition) is 3. The quantitative estimate of drug-likeness (QED) is 0.0952. The van der Waals surface area contributed by atoms with Gasteiger partial charge in [-0.25, -0.2) is 4.79 Å². The highest BCUT2D eigenvalue weighted by Gasteiger charge is 2.45. The number of carbonyl (C=O) groups excluding carboxylic acids is 6. The Morgan fingerprint density at radius 3 is 2.27 bits per heavy atom. The van der Waals surface area contributed by atoms with Crippen LogP contribution in [0.2, 0.25) is 0 Å². The summed E-state index contributed by atoms with van der Waals surface area (Å²) in [6.45, 7) is 4.71. The molecule has 15 heteroatoms. The summed E-state index contributed by atoms with van der Waals surface area (Å²) in [6, 6.07) is 3.56. The number of nitrogens with one attached hydrogen (secondary N) is 3. The van der Waals surface area contributed by atoms with Crippen molar-refractivity contribution in [1.82, 2.24) is 15.5 Å². The average Bonchev–Trinajstić information content (AvgIpc) is 3.26. The highest BCUT2D eigenvalue weighted by atomic mass is 16.6. The van der Waals surface area contributed by atoms with Crippen LogP contribution in [0.15, 0.2) is 18.2 Å². The van der Waals surface area contributed by atoms with Gasteiger partial charge in [0.2, 0.25) is 17.7 Å². The van der Waals surface area contributed by atoms with Crippen molar-refractivity contribution in [2.45, 2.75) is 38.6 Å². The molecular formula is C29H40N4O11. The lowest BCUT2D eigenvalue weighted by molar-refractivity contribution is -0.149. The van der Waals surface area contributed by atoms with E-state index in [2.05, 4.69) is 16.0 Å². The zero-order valence-electron chi connectivity index (χ0n) is 24.9. The SMILES string of the molecule is CCCCOC(=O)COCCOCCOCCOCCNC(=O)CNc1cccc2c1C(=O)N(C1CCC(=O)NC1=O)C2=O. The second-order valence-corrected chi connectivity index (χ2v) is 9.84. The molecule has 0 aromatic heterocycles. The molecule has 0 saturated carbocycles. The van der Waals surface area contributed by atoms with Gasteiger partial charge in [-0.3, -0.25) is 34.2 Å². The van der Waals surface area contributed by atoms with Crippen LogP contribution in [-0.4, -0.2) is 119 Å². The number of hydrogen-bond acceptors (Lipinski definition) is 12. The van der Waals surface area contributed by atoms with Crippen molar-refractivity contribution < 1.29 is 52.5 Å². The second-order valence-electron chi connectivity index (χ2n) is 9.84. The number of esters is 1. The fourth-order valence-corrected chi connectivity index (χ4v) is 4.35. The molecule has 2 aliphatic heterocycles. The lowest BCUT2D eigenvalue weighted by Crippen LogP contribution is -2.54. The van der Waals surface area contributed by atoms with E-state index in [0.717, 1.165) is 17.7 Å². The maximum absolute atomic E-state index is 13.1. The Bertz CT molecular complexity index is 1180. The molecule has 1 saturated heterocycles.